The van der Waals surface area contributed by atoms with Crippen molar-refractivity contribution < 1.29 is 31.0 Å². The second-order valence-corrected chi connectivity index (χ2v) is 10.8. The van der Waals surface area contributed by atoms with E-state index in [1.165, 1.54) is 25.1 Å². The molecule has 0 spiro atoms. The molecule has 2 aliphatic rings. The van der Waals surface area contributed by atoms with Crippen molar-refractivity contribution in [1.29, 1.82) is 4.78 Å². The van der Waals surface area contributed by atoms with Crippen LogP contribution in [-0.4, -0.2) is 25.8 Å². The van der Waals surface area contributed by atoms with Gasteiger partial charge in [-0.2, -0.15) is 18.3 Å². The Morgan fingerprint density at radius 3 is 2.48 bits per heavy atom. The van der Waals surface area contributed by atoms with Gasteiger partial charge in [0.25, 0.3) is 5.91 Å². The highest BCUT2D eigenvalue weighted by Crippen LogP contribution is 2.53. The van der Waals surface area contributed by atoms with Crippen molar-refractivity contribution in [3.05, 3.63) is 41.2 Å². The standard InChI is InChI=1S/C20H22F5N5O2S/c1-18(8-19(21,22)9-18)10-30-16(14(20(23,24)25)15(29-30)11-5-6-11)17(31)28-12-3-2-4-13(7-12)33(26,27)32/h2-4,7,11H,5-6,8-10H2,1H3,(H,28,31)(H3,26,27,32). The summed E-state index contributed by atoms with van der Waals surface area (Å²) in [5.41, 5.74) is -3.21. The number of hydrogen-bond acceptors (Lipinski definition) is 4. The van der Waals surface area contributed by atoms with E-state index >= 15 is 0 Å². The number of hydrogen-bond donors (Lipinski definition) is 3. The molecule has 33 heavy (non-hydrogen) atoms. The Morgan fingerprint density at radius 2 is 1.97 bits per heavy atom. The van der Waals surface area contributed by atoms with Crippen LogP contribution in [-0.2, 0) is 22.6 Å². The minimum absolute atomic E-state index is 0.0156. The molecule has 4 rings (SSSR count). The highest BCUT2D eigenvalue weighted by molar-refractivity contribution is 7.90. The van der Waals surface area contributed by atoms with Gasteiger partial charge in [-0.1, -0.05) is 13.0 Å². The van der Waals surface area contributed by atoms with Crippen molar-refractivity contribution in [2.75, 3.05) is 5.32 Å². The molecule has 2 saturated carbocycles. The van der Waals surface area contributed by atoms with Crippen LogP contribution in [0.25, 0.3) is 0 Å². The summed E-state index contributed by atoms with van der Waals surface area (Å²) in [6, 6.07) is 5.12. The lowest BCUT2D eigenvalue weighted by Crippen LogP contribution is -2.47. The summed E-state index contributed by atoms with van der Waals surface area (Å²) in [5, 5.41) is 11.7. The first-order valence-electron chi connectivity index (χ1n) is 10.1. The van der Waals surface area contributed by atoms with E-state index in [1.807, 2.05) is 0 Å². The number of halogens is 5. The normalized spacial score (nSPS) is 21.2. The minimum atomic E-state index is -4.89. The molecule has 1 atom stereocenters. The minimum Gasteiger partial charge on any atom is -0.321 e. The van der Waals surface area contributed by atoms with Crippen molar-refractivity contribution >= 4 is 21.5 Å². The van der Waals surface area contributed by atoms with Gasteiger partial charge in [0.2, 0.25) is 5.92 Å². The van der Waals surface area contributed by atoms with Gasteiger partial charge in [-0.15, -0.1) is 0 Å². The van der Waals surface area contributed by atoms with E-state index < -0.39 is 63.4 Å². The number of aromatic nitrogens is 2. The smallest absolute Gasteiger partial charge is 0.321 e. The van der Waals surface area contributed by atoms with Gasteiger partial charge in [0.05, 0.1) is 10.6 Å². The molecule has 180 valence electrons. The average Bonchev–Trinajstić information content (AvgIpc) is 3.39. The Balaban J connectivity index is 1.74. The third-order valence-electron chi connectivity index (χ3n) is 5.79. The van der Waals surface area contributed by atoms with E-state index in [2.05, 4.69) is 10.4 Å². The highest BCUT2D eigenvalue weighted by atomic mass is 32.2. The first-order valence-corrected chi connectivity index (χ1v) is 11.7. The molecule has 1 aromatic heterocycles. The monoisotopic (exact) mass is 491 g/mol. The average molecular weight is 491 g/mol. The summed E-state index contributed by atoms with van der Waals surface area (Å²) in [4.78, 5) is 13.0. The van der Waals surface area contributed by atoms with Crippen molar-refractivity contribution in [3.63, 3.8) is 0 Å². The van der Waals surface area contributed by atoms with Crippen LogP contribution in [0.4, 0.5) is 27.6 Å². The fourth-order valence-corrected chi connectivity index (χ4v) is 4.95. The van der Waals surface area contributed by atoms with Crippen LogP contribution >= 0.6 is 0 Å². The van der Waals surface area contributed by atoms with Gasteiger partial charge < -0.3 is 5.32 Å². The van der Waals surface area contributed by atoms with Gasteiger partial charge in [-0.25, -0.2) is 22.9 Å². The van der Waals surface area contributed by atoms with Crippen molar-refractivity contribution in [2.24, 2.45) is 10.6 Å². The SMILES string of the molecule is CC1(Cn2nc(C3CC3)c(C(F)(F)F)c2C(=O)Nc2cccc(S(=N)(N)=O)c2)CC(F)(F)C1. The second-order valence-electron chi connectivity index (χ2n) is 9.14. The fraction of sp³-hybridized carbons (Fsp3) is 0.500. The van der Waals surface area contributed by atoms with Gasteiger partial charge in [0.15, 0.2) is 0 Å². The number of alkyl halides is 5. The summed E-state index contributed by atoms with van der Waals surface area (Å²) in [7, 11) is -3.61. The number of benzene rings is 1. The lowest BCUT2D eigenvalue weighted by atomic mass is 9.67. The van der Waals surface area contributed by atoms with E-state index in [-0.39, 0.29) is 22.8 Å². The van der Waals surface area contributed by atoms with E-state index in [1.54, 1.807) is 0 Å². The molecule has 1 amide bonds. The number of nitrogens with one attached hydrogen (secondary N) is 2. The summed E-state index contributed by atoms with van der Waals surface area (Å²) >= 11 is 0. The molecule has 4 N–H and O–H groups in total. The molecule has 1 unspecified atom stereocenters. The third-order valence-corrected chi connectivity index (χ3v) is 6.74. The van der Waals surface area contributed by atoms with Gasteiger partial charge in [0.1, 0.15) is 21.2 Å². The molecule has 0 aliphatic heterocycles. The highest BCUT2D eigenvalue weighted by Gasteiger charge is 2.55. The molecular formula is C20H22F5N5O2S. The summed E-state index contributed by atoms with van der Waals surface area (Å²) < 4.78 is 89.2. The Bertz CT molecular complexity index is 1210. The van der Waals surface area contributed by atoms with Gasteiger partial charge >= 0.3 is 6.18 Å². The first kappa shape index (κ1) is 23.6. The molecule has 0 bridgehead atoms. The summed E-state index contributed by atoms with van der Waals surface area (Å²) in [5.74, 6) is -4.48. The zero-order chi connectivity index (χ0) is 24.4. The Kier molecular flexibility index (Phi) is 5.36. The molecule has 2 aliphatic carbocycles. The lowest BCUT2D eigenvalue weighted by molar-refractivity contribution is -0.160. The molecule has 1 heterocycles. The maximum atomic E-state index is 14.0. The topological polar surface area (TPSA) is 114 Å². The van der Waals surface area contributed by atoms with E-state index in [9.17, 15) is 31.0 Å². The molecule has 7 nitrogen and oxygen atoms in total. The molecule has 0 radical (unpaired) electrons. The zero-order valence-electron chi connectivity index (χ0n) is 17.5. The number of nitrogens with zero attached hydrogens (tertiary/aromatic N) is 2. The zero-order valence-corrected chi connectivity index (χ0v) is 18.3. The predicted molar refractivity (Wildman–Crippen MR) is 109 cm³/mol. The fourth-order valence-electron chi connectivity index (χ4n) is 4.37. The molecule has 0 saturated heterocycles. The quantitative estimate of drug-likeness (QED) is 0.507. The number of amides is 1. The number of nitrogens with two attached hydrogens (primary N) is 1. The van der Waals surface area contributed by atoms with Crippen LogP contribution in [0.3, 0.4) is 0 Å². The Labute approximate surface area is 186 Å². The van der Waals surface area contributed by atoms with Crippen LogP contribution in [0.1, 0.15) is 60.3 Å². The Morgan fingerprint density at radius 1 is 1.33 bits per heavy atom. The molecule has 13 heteroatoms. The number of carbonyl (C=O) groups is 1. The molecular weight excluding hydrogens is 469 g/mol. The van der Waals surface area contributed by atoms with Gasteiger partial charge in [0, 0.05) is 31.0 Å². The Hall–Kier alpha value is -2.54. The van der Waals surface area contributed by atoms with E-state index in [4.69, 9.17) is 9.92 Å². The van der Waals surface area contributed by atoms with Crippen LogP contribution in [0.5, 0.6) is 0 Å². The van der Waals surface area contributed by atoms with Crippen molar-refractivity contribution in [2.45, 2.75) is 62.1 Å². The molecule has 1 aromatic carbocycles. The predicted octanol–water partition coefficient (Wildman–Crippen LogP) is 4.75. The van der Waals surface area contributed by atoms with Crippen LogP contribution < -0.4 is 10.5 Å². The maximum Gasteiger partial charge on any atom is 0.420 e. The van der Waals surface area contributed by atoms with Crippen molar-refractivity contribution in [1.82, 2.24) is 9.78 Å². The number of carbonyl (C=O) groups excluding carboxylic acids is 1. The van der Waals surface area contributed by atoms with Crippen LogP contribution in [0.15, 0.2) is 29.2 Å². The first-order chi connectivity index (χ1) is 15.1. The van der Waals surface area contributed by atoms with Crippen LogP contribution in [0.2, 0.25) is 0 Å². The van der Waals surface area contributed by atoms with E-state index in [0.717, 1.165) is 10.7 Å². The largest absolute Gasteiger partial charge is 0.420 e. The van der Waals surface area contributed by atoms with Crippen LogP contribution in [0, 0.1) is 10.2 Å². The van der Waals surface area contributed by atoms with Gasteiger partial charge in [-0.05, 0) is 36.5 Å². The second kappa shape index (κ2) is 7.49. The lowest BCUT2D eigenvalue weighted by Gasteiger charge is -2.44. The summed E-state index contributed by atoms with van der Waals surface area (Å²) in [6.07, 6.45) is -4.93. The van der Waals surface area contributed by atoms with Crippen molar-refractivity contribution in [3.8, 4) is 0 Å². The number of anilines is 1. The van der Waals surface area contributed by atoms with Gasteiger partial charge in [-0.3, -0.25) is 9.48 Å². The third kappa shape index (κ3) is 4.88. The number of rotatable bonds is 6. The van der Waals surface area contributed by atoms with E-state index in [0.29, 0.717) is 12.8 Å². The molecule has 2 aromatic rings. The molecule has 2 fully saturated rings. The summed E-state index contributed by atoms with van der Waals surface area (Å²) in [6.45, 7) is 1.25. The maximum absolute atomic E-state index is 14.0.